The number of benzene rings is 1. The number of rotatable bonds is 6. The van der Waals surface area contributed by atoms with Gasteiger partial charge in [-0.25, -0.2) is 9.78 Å². The number of hydrogen-bond acceptors (Lipinski definition) is 8. The number of aromatic amines is 1. The van der Waals surface area contributed by atoms with Crippen LogP contribution in [0.5, 0.6) is 5.88 Å². The van der Waals surface area contributed by atoms with E-state index in [-0.39, 0.29) is 51.9 Å². The van der Waals surface area contributed by atoms with Crippen LogP contribution in [0.2, 0.25) is 5.02 Å². The fourth-order valence-corrected chi connectivity index (χ4v) is 5.49. The van der Waals surface area contributed by atoms with Crippen LogP contribution in [-0.4, -0.2) is 37.2 Å². The lowest BCUT2D eigenvalue weighted by molar-refractivity contribution is -0.137. The minimum atomic E-state index is -4.73. The Kier molecular flexibility index (Phi) is 7.02. The molecule has 4 heterocycles. The fraction of sp³-hybridized carbons (Fsp3) is 0.154. The summed E-state index contributed by atoms with van der Waals surface area (Å²) >= 11 is 7.21. The Morgan fingerprint density at radius 1 is 1.27 bits per heavy atom. The van der Waals surface area contributed by atoms with Crippen LogP contribution in [0.15, 0.2) is 45.4 Å². The third-order valence-corrected chi connectivity index (χ3v) is 7.48. The van der Waals surface area contributed by atoms with Crippen molar-refractivity contribution in [3.63, 3.8) is 0 Å². The average Bonchev–Trinajstić information content (AvgIpc) is 3.36. The molecule has 0 amide bonds. The smallest absolute Gasteiger partial charge is 0.416 e. The van der Waals surface area contributed by atoms with E-state index < -0.39 is 34.4 Å². The van der Waals surface area contributed by atoms with Crippen molar-refractivity contribution >= 4 is 50.0 Å². The summed E-state index contributed by atoms with van der Waals surface area (Å²) in [4.78, 5) is 47.9. The van der Waals surface area contributed by atoms with Crippen molar-refractivity contribution < 1.29 is 27.8 Å². The van der Waals surface area contributed by atoms with E-state index in [0.717, 1.165) is 15.9 Å². The lowest BCUT2D eigenvalue weighted by Gasteiger charge is -2.15. The van der Waals surface area contributed by atoms with Gasteiger partial charge in [0.05, 0.1) is 44.4 Å². The van der Waals surface area contributed by atoms with Gasteiger partial charge in [-0.05, 0) is 31.2 Å². The molecule has 0 saturated carbocycles. The maximum Gasteiger partial charge on any atom is 0.416 e. The van der Waals surface area contributed by atoms with Crippen LogP contribution in [0.4, 0.5) is 13.2 Å². The van der Waals surface area contributed by atoms with Gasteiger partial charge in [-0.2, -0.15) is 18.4 Å². The second-order valence-electron chi connectivity index (χ2n) is 8.67. The number of aromatic nitrogens is 4. The van der Waals surface area contributed by atoms with Gasteiger partial charge in [0.1, 0.15) is 23.5 Å². The molecule has 0 aliphatic rings. The molecule has 0 saturated heterocycles. The first-order chi connectivity index (χ1) is 19.4. The molecular formula is C26H15ClF3N5O5S. The van der Waals surface area contributed by atoms with Gasteiger partial charge in [-0.15, -0.1) is 11.3 Å². The van der Waals surface area contributed by atoms with Gasteiger partial charge in [-0.3, -0.25) is 24.1 Å². The summed E-state index contributed by atoms with van der Waals surface area (Å²) in [5, 5.41) is 19.9. The molecule has 5 aromatic rings. The number of hydrogen-bond donors (Lipinski definition) is 2. The Balaban J connectivity index is 1.52. The van der Waals surface area contributed by atoms with Crippen molar-refractivity contribution in [3.05, 3.63) is 84.1 Å². The van der Waals surface area contributed by atoms with Gasteiger partial charge in [0, 0.05) is 22.7 Å². The number of nitriles is 1. The first kappa shape index (κ1) is 27.8. The number of H-pyrrole nitrogens is 1. The van der Waals surface area contributed by atoms with Crippen molar-refractivity contribution in [1.82, 2.24) is 19.5 Å². The first-order valence-corrected chi connectivity index (χ1v) is 12.8. The molecule has 1 aromatic carbocycles. The van der Waals surface area contributed by atoms with Gasteiger partial charge in [0.2, 0.25) is 5.88 Å². The maximum absolute atomic E-state index is 13.3. The van der Waals surface area contributed by atoms with Crippen LogP contribution < -0.4 is 15.9 Å². The molecule has 208 valence electrons. The Morgan fingerprint density at radius 3 is 2.71 bits per heavy atom. The van der Waals surface area contributed by atoms with Crippen molar-refractivity contribution in [2.24, 2.45) is 0 Å². The van der Waals surface area contributed by atoms with E-state index >= 15 is 0 Å². The van der Waals surface area contributed by atoms with Gasteiger partial charge < -0.3 is 9.84 Å². The average molecular weight is 602 g/mol. The highest BCUT2D eigenvalue weighted by atomic mass is 35.5. The molecule has 41 heavy (non-hydrogen) atoms. The van der Waals surface area contributed by atoms with E-state index in [4.69, 9.17) is 16.3 Å². The third-order valence-electron chi connectivity index (χ3n) is 6.19. The molecule has 0 aliphatic heterocycles. The standard InChI is InChI=1S/C26H15ClF3N5O5S/c1-11-33-18-7-13(26(28,29)30)6-12(9-31)19(18)24(37)35(11)4-5-40-23-15(8-17(27)22(36)34-23)14-2-3-32-20-16(25(38)39)10-41-21(14)20/h2-3,6-8,10H,4-5H2,1H3,(H,34,36)(H,38,39). The second-order valence-corrected chi connectivity index (χ2v) is 9.96. The quantitative estimate of drug-likeness (QED) is 0.276. The molecule has 0 unspecified atom stereocenters. The van der Waals surface area contributed by atoms with Crippen molar-refractivity contribution in [2.75, 3.05) is 6.61 Å². The number of nitrogens with one attached hydrogen (secondary N) is 1. The Hall–Kier alpha value is -4.74. The lowest BCUT2D eigenvalue weighted by Crippen LogP contribution is -2.27. The largest absolute Gasteiger partial charge is 0.478 e. The van der Waals surface area contributed by atoms with Gasteiger partial charge in [0.15, 0.2) is 0 Å². The Labute approximate surface area is 235 Å². The maximum atomic E-state index is 13.3. The number of carbonyl (C=O) groups is 1. The molecule has 0 bridgehead atoms. The number of carboxylic acid groups (broad SMARTS) is 1. The number of thiophene rings is 1. The van der Waals surface area contributed by atoms with Crippen molar-refractivity contribution in [3.8, 4) is 23.1 Å². The number of aromatic carboxylic acids is 1. The molecule has 2 N–H and O–H groups in total. The Morgan fingerprint density at radius 2 is 2.02 bits per heavy atom. The SMILES string of the molecule is Cc1nc2cc(C(F)(F)F)cc(C#N)c2c(=O)n1CCOc1[nH]c(=O)c(Cl)cc1-c1ccnc2c(C(=O)O)csc12. The van der Waals surface area contributed by atoms with Gasteiger partial charge in [0.25, 0.3) is 11.1 Å². The van der Waals surface area contributed by atoms with Gasteiger partial charge >= 0.3 is 12.1 Å². The van der Waals surface area contributed by atoms with E-state index in [0.29, 0.717) is 28.0 Å². The normalized spacial score (nSPS) is 11.6. The van der Waals surface area contributed by atoms with E-state index in [2.05, 4.69) is 15.0 Å². The summed E-state index contributed by atoms with van der Waals surface area (Å²) in [5.41, 5.74) is -2.17. The second kappa shape index (κ2) is 10.3. The molecule has 15 heteroatoms. The molecule has 0 fully saturated rings. The molecule has 0 radical (unpaired) electrons. The summed E-state index contributed by atoms with van der Waals surface area (Å²) in [6.07, 6.45) is -3.33. The van der Waals surface area contributed by atoms with Gasteiger partial charge in [-0.1, -0.05) is 11.6 Å². The van der Waals surface area contributed by atoms with E-state index in [9.17, 15) is 37.9 Å². The highest BCUT2D eigenvalue weighted by molar-refractivity contribution is 7.18. The number of carboxylic acids is 1. The summed E-state index contributed by atoms with van der Waals surface area (Å²) in [6.45, 7) is 1.07. The number of nitrogens with zero attached hydrogens (tertiary/aromatic N) is 4. The number of halogens is 4. The first-order valence-electron chi connectivity index (χ1n) is 11.6. The highest BCUT2D eigenvalue weighted by Crippen LogP contribution is 2.38. The summed E-state index contributed by atoms with van der Waals surface area (Å²) < 4.78 is 47.3. The van der Waals surface area contributed by atoms with Crippen molar-refractivity contribution in [2.45, 2.75) is 19.6 Å². The zero-order valence-electron chi connectivity index (χ0n) is 20.7. The topological polar surface area (TPSA) is 151 Å². The summed E-state index contributed by atoms with van der Waals surface area (Å²) in [6, 6.07) is 5.91. The molecular weight excluding hydrogens is 587 g/mol. The zero-order valence-corrected chi connectivity index (χ0v) is 22.2. The van der Waals surface area contributed by atoms with Crippen LogP contribution >= 0.6 is 22.9 Å². The highest BCUT2D eigenvalue weighted by Gasteiger charge is 2.32. The molecule has 0 atom stereocenters. The van der Waals surface area contributed by atoms with Crippen molar-refractivity contribution in [1.29, 1.82) is 5.26 Å². The zero-order chi connectivity index (χ0) is 29.6. The number of aryl methyl sites for hydroxylation is 1. The van der Waals surface area contributed by atoms with Crippen LogP contribution in [-0.2, 0) is 12.7 Å². The Bertz CT molecular complexity index is 2050. The molecule has 0 aliphatic carbocycles. The number of pyridine rings is 2. The number of alkyl halides is 3. The molecule has 0 spiro atoms. The fourth-order valence-electron chi connectivity index (χ4n) is 4.31. The molecule has 5 rings (SSSR count). The summed E-state index contributed by atoms with van der Waals surface area (Å²) in [5.74, 6) is -1.10. The minimum absolute atomic E-state index is 0.00240. The van der Waals surface area contributed by atoms with Crippen LogP contribution in [0.3, 0.4) is 0 Å². The summed E-state index contributed by atoms with van der Waals surface area (Å²) in [7, 11) is 0. The molecule has 10 nitrogen and oxygen atoms in total. The minimum Gasteiger partial charge on any atom is -0.478 e. The predicted molar refractivity (Wildman–Crippen MR) is 144 cm³/mol. The van der Waals surface area contributed by atoms with Crippen LogP contribution in [0.25, 0.3) is 32.2 Å². The third kappa shape index (κ3) is 5.01. The lowest BCUT2D eigenvalue weighted by atomic mass is 10.1. The number of ether oxygens (including phenoxy) is 1. The van der Waals surface area contributed by atoms with E-state index in [1.165, 1.54) is 24.6 Å². The number of fused-ring (bicyclic) bond motifs is 2. The van der Waals surface area contributed by atoms with Crippen LogP contribution in [0.1, 0.15) is 27.3 Å². The van der Waals surface area contributed by atoms with Crippen LogP contribution in [0, 0.1) is 18.3 Å². The monoisotopic (exact) mass is 601 g/mol. The van der Waals surface area contributed by atoms with E-state index in [1.807, 2.05) is 0 Å². The predicted octanol–water partition coefficient (Wildman–Crippen LogP) is 4.99. The molecule has 4 aromatic heterocycles. The van der Waals surface area contributed by atoms with E-state index in [1.54, 1.807) is 12.1 Å².